The van der Waals surface area contributed by atoms with Gasteiger partial charge in [0.15, 0.2) is 5.96 Å². The molecule has 0 spiro atoms. The number of hydrogen-bond donors (Lipinski definition) is 2. The highest BCUT2D eigenvalue weighted by atomic mass is 16.5. The van der Waals surface area contributed by atoms with E-state index in [1.54, 1.807) is 13.2 Å². The van der Waals surface area contributed by atoms with Gasteiger partial charge in [-0.15, -0.1) is 0 Å². The molecule has 0 unspecified atom stereocenters. The third kappa shape index (κ3) is 6.55. The molecule has 0 saturated carbocycles. The van der Waals surface area contributed by atoms with Crippen molar-refractivity contribution in [3.63, 3.8) is 0 Å². The summed E-state index contributed by atoms with van der Waals surface area (Å²) in [7, 11) is 1.76. The van der Waals surface area contributed by atoms with Crippen LogP contribution in [0.15, 0.2) is 53.9 Å². The van der Waals surface area contributed by atoms with Crippen molar-refractivity contribution in [1.82, 2.24) is 25.2 Å². The van der Waals surface area contributed by atoms with E-state index < -0.39 is 0 Å². The van der Waals surface area contributed by atoms with Crippen LogP contribution in [0.3, 0.4) is 0 Å². The summed E-state index contributed by atoms with van der Waals surface area (Å²) in [6.45, 7) is 8.99. The molecule has 1 aromatic carbocycles. The molecule has 8 heteroatoms. The number of nitrogens with one attached hydrogen (secondary N) is 2. The lowest BCUT2D eigenvalue weighted by Gasteiger charge is -2.15. The number of ether oxygens (including phenoxy) is 2. The van der Waals surface area contributed by atoms with Gasteiger partial charge in [0.2, 0.25) is 0 Å². The molecule has 3 aromatic rings. The monoisotopic (exact) mass is 436 g/mol. The number of aliphatic imine (C=N–C) groups is 1. The average molecular weight is 437 g/mol. The Labute approximate surface area is 189 Å². The predicted molar refractivity (Wildman–Crippen MR) is 126 cm³/mol. The molecule has 0 amide bonds. The van der Waals surface area contributed by atoms with E-state index in [1.165, 1.54) is 0 Å². The number of aromatic nitrogens is 3. The van der Waals surface area contributed by atoms with Crippen molar-refractivity contribution in [2.75, 3.05) is 26.9 Å². The summed E-state index contributed by atoms with van der Waals surface area (Å²) in [5, 5.41) is 6.68. The van der Waals surface area contributed by atoms with Gasteiger partial charge in [-0.3, -0.25) is 9.56 Å². The zero-order chi connectivity index (χ0) is 22.8. The standard InChI is InChI=1S/C24H32N6O2/c1-5-31-12-13-32-22-14-18(2)6-8-21(22)17-29-24(25-4)28-16-20-7-9-23(27-15-20)30-11-10-26-19(30)3/h6-11,14-15H,5,12-13,16-17H2,1-4H3,(H2,25,28,29). The maximum absolute atomic E-state index is 5.93. The van der Waals surface area contributed by atoms with Crippen molar-refractivity contribution in [1.29, 1.82) is 0 Å². The SMILES string of the molecule is CCOCCOc1cc(C)ccc1CNC(=NC)NCc1ccc(-n2ccnc2C)nc1. The summed E-state index contributed by atoms with van der Waals surface area (Å²) in [6, 6.07) is 10.2. The molecular formula is C24H32N6O2. The van der Waals surface area contributed by atoms with E-state index in [0.29, 0.717) is 38.9 Å². The molecule has 2 aromatic heterocycles. The fraction of sp³-hybridized carbons (Fsp3) is 0.375. The zero-order valence-corrected chi connectivity index (χ0v) is 19.3. The van der Waals surface area contributed by atoms with E-state index >= 15 is 0 Å². The first-order chi connectivity index (χ1) is 15.6. The zero-order valence-electron chi connectivity index (χ0n) is 19.3. The lowest BCUT2D eigenvalue weighted by molar-refractivity contribution is 0.110. The van der Waals surface area contributed by atoms with Crippen molar-refractivity contribution in [3.8, 4) is 11.6 Å². The topological polar surface area (TPSA) is 85.6 Å². The van der Waals surface area contributed by atoms with Crippen molar-refractivity contribution in [2.45, 2.75) is 33.9 Å². The van der Waals surface area contributed by atoms with Crippen LogP contribution >= 0.6 is 0 Å². The highest BCUT2D eigenvalue weighted by Gasteiger charge is 2.07. The van der Waals surface area contributed by atoms with Crippen molar-refractivity contribution in [3.05, 3.63) is 71.4 Å². The maximum atomic E-state index is 5.93. The second kappa shape index (κ2) is 11.9. The Morgan fingerprint density at radius 1 is 1.06 bits per heavy atom. The first-order valence-corrected chi connectivity index (χ1v) is 10.8. The molecule has 0 aliphatic carbocycles. The molecular weight excluding hydrogens is 404 g/mol. The highest BCUT2D eigenvalue weighted by molar-refractivity contribution is 5.79. The van der Waals surface area contributed by atoms with Crippen LogP contribution in [0, 0.1) is 13.8 Å². The van der Waals surface area contributed by atoms with Crippen LogP contribution in [-0.2, 0) is 17.8 Å². The quantitative estimate of drug-likeness (QED) is 0.288. The number of guanidine groups is 1. The molecule has 0 fully saturated rings. The number of nitrogens with zero attached hydrogens (tertiary/aromatic N) is 4. The van der Waals surface area contributed by atoms with E-state index in [4.69, 9.17) is 9.47 Å². The van der Waals surface area contributed by atoms with Gasteiger partial charge in [0.1, 0.15) is 24.0 Å². The fourth-order valence-electron chi connectivity index (χ4n) is 3.17. The van der Waals surface area contributed by atoms with E-state index in [1.807, 2.05) is 49.0 Å². The van der Waals surface area contributed by atoms with Gasteiger partial charge >= 0.3 is 0 Å². The van der Waals surface area contributed by atoms with Crippen LogP contribution in [0.25, 0.3) is 5.82 Å². The van der Waals surface area contributed by atoms with Gasteiger partial charge in [0, 0.05) is 50.9 Å². The molecule has 0 aliphatic heterocycles. The summed E-state index contributed by atoms with van der Waals surface area (Å²) in [4.78, 5) is 13.1. The molecule has 0 radical (unpaired) electrons. The van der Waals surface area contributed by atoms with Crippen molar-refractivity contribution in [2.24, 2.45) is 4.99 Å². The Bertz CT molecular complexity index is 1010. The lowest BCUT2D eigenvalue weighted by atomic mass is 10.1. The Hall–Kier alpha value is -3.39. The minimum absolute atomic E-state index is 0.527. The van der Waals surface area contributed by atoms with Gasteiger partial charge in [0.05, 0.1) is 6.61 Å². The number of aryl methyl sites for hydroxylation is 2. The minimum atomic E-state index is 0.527. The van der Waals surface area contributed by atoms with Gasteiger partial charge in [-0.25, -0.2) is 9.97 Å². The Morgan fingerprint density at radius 3 is 2.59 bits per heavy atom. The molecule has 170 valence electrons. The number of pyridine rings is 1. The van der Waals surface area contributed by atoms with Crippen LogP contribution in [0.5, 0.6) is 5.75 Å². The Kier molecular flexibility index (Phi) is 8.62. The Balaban J connectivity index is 1.53. The first-order valence-electron chi connectivity index (χ1n) is 10.8. The first kappa shape index (κ1) is 23.3. The van der Waals surface area contributed by atoms with Crippen LogP contribution in [0.4, 0.5) is 0 Å². The van der Waals surface area contributed by atoms with Gasteiger partial charge in [-0.2, -0.15) is 0 Å². The summed E-state index contributed by atoms with van der Waals surface area (Å²) in [5.41, 5.74) is 3.28. The van der Waals surface area contributed by atoms with Crippen LogP contribution in [-0.4, -0.2) is 47.4 Å². The molecule has 0 bridgehead atoms. The minimum Gasteiger partial charge on any atom is -0.491 e. The number of imidazole rings is 1. The molecule has 8 nitrogen and oxygen atoms in total. The van der Waals surface area contributed by atoms with Crippen molar-refractivity contribution < 1.29 is 9.47 Å². The molecule has 0 saturated heterocycles. The predicted octanol–water partition coefficient (Wildman–Crippen LogP) is 3.16. The van der Waals surface area contributed by atoms with E-state index in [0.717, 1.165) is 34.1 Å². The van der Waals surface area contributed by atoms with Gasteiger partial charge < -0.3 is 20.1 Å². The second-order valence-electron chi connectivity index (χ2n) is 7.30. The van der Waals surface area contributed by atoms with E-state index in [-0.39, 0.29) is 0 Å². The second-order valence-corrected chi connectivity index (χ2v) is 7.30. The van der Waals surface area contributed by atoms with Gasteiger partial charge in [-0.1, -0.05) is 18.2 Å². The molecule has 32 heavy (non-hydrogen) atoms. The largest absolute Gasteiger partial charge is 0.491 e. The summed E-state index contributed by atoms with van der Waals surface area (Å²) < 4.78 is 13.2. The molecule has 2 N–H and O–H groups in total. The number of benzene rings is 1. The molecule has 3 rings (SSSR count). The molecule has 2 heterocycles. The van der Waals surface area contributed by atoms with Gasteiger partial charge in [-0.05, 0) is 44.0 Å². The molecule has 0 atom stereocenters. The van der Waals surface area contributed by atoms with Crippen LogP contribution < -0.4 is 15.4 Å². The van der Waals surface area contributed by atoms with E-state index in [9.17, 15) is 0 Å². The Morgan fingerprint density at radius 2 is 1.91 bits per heavy atom. The average Bonchev–Trinajstić information content (AvgIpc) is 3.24. The third-order valence-corrected chi connectivity index (χ3v) is 4.92. The number of hydrogen-bond acceptors (Lipinski definition) is 5. The highest BCUT2D eigenvalue weighted by Crippen LogP contribution is 2.20. The summed E-state index contributed by atoms with van der Waals surface area (Å²) in [5.74, 6) is 3.33. The smallest absolute Gasteiger partial charge is 0.191 e. The van der Waals surface area contributed by atoms with Gasteiger partial charge in [0.25, 0.3) is 0 Å². The third-order valence-electron chi connectivity index (χ3n) is 4.92. The number of rotatable bonds is 10. The normalized spacial score (nSPS) is 11.4. The fourth-order valence-corrected chi connectivity index (χ4v) is 3.17. The summed E-state index contributed by atoms with van der Waals surface area (Å²) >= 11 is 0. The lowest BCUT2D eigenvalue weighted by Crippen LogP contribution is -2.36. The van der Waals surface area contributed by atoms with Crippen LogP contribution in [0.2, 0.25) is 0 Å². The van der Waals surface area contributed by atoms with Crippen LogP contribution in [0.1, 0.15) is 29.4 Å². The summed E-state index contributed by atoms with van der Waals surface area (Å²) in [6.07, 6.45) is 5.53. The van der Waals surface area contributed by atoms with E-state index in [2.05, 4.69) is 44.7 Å². The van der Waals surface area contributed by atoms with Crippen molar-refractivity contribution >= 4 is 5.96 Å². The maximum Gasteiger partial charge on any atom is 0.191 e. The molecule has 0 aliphatic rings.